The molecule has 1 aliphatic carbocycles. The van der Waals surface area contributed by atoms with Crippen molar-refractivity contribution in [2.24, 2.45) is 0 Å². The summed E-state index contributed by atoms with van der Waals surface area (Å²) in [7, 11) is 0. The topological polar surface area (TPSA) is 0 Å². The zero-order chi connectivity index (χ0) is 10.3. The van der Waals surface area contributed by atoms with Gasteiger partial charge in [-0.2, -0.15) is 0 Å². The summed E-state index contributed by atoms with van der Waals surface area (Å²) in [6.45, 7) is 0. The minimum Gasteiger partial charge on any atom is -0.0813 e. The predicted octanol–water partition coefficient (Wildman–Crippen LogP) is 4.37. The molecule has 15 heavy (non-hydrogen) atoms. The highest BCUT2D eigenvalue weighted by Gasteiger charge is 1.98. The van der Waals surface area contributed by atoms with Crippen molar-refractivity contribution >= 4 is 6.08 Å². The fraction of sp³-hybridized carbons (Fsp3) is 0.200. The fourth-order valence-electron chi connectivity index (χ4n) is 1.76. The van der Waals surface area contributed by atoms with Crippen LogP contribution >= 0.6 is 0 Å². The molecule has 2 rings (SSSR count). The summed E-state index contributed by atoms with van der Waals surface area (Å²) < 4.78 is 0. The smallest absolute Gasteiger partial charge is 0.0257 e. The first-order chi connectivity index (χ1) is 7.45. The van der Waals surface area contributed by atoms with E-state index < -0.39 is 0 Å². The Balaban J connectivity index is 1.90. The molecule has 0 spiro atoms. The van der Waals surface area contributed by atoms with Crippen LogP contribution in [0.25, 0.3) is 6.08 Å². The number of rotatable bonds is 3. The second-order valence-electron chi connectivity index (χ2n) is 3.80. The van der Waals surface area contributed by atoms with Crippen molar-refractivity contribution in [1.29, 1.82) is 0 Å². The largest absolute Gasteiger partial charge is 0.0813 e. The first-order valence-corrected chi connectivity index (χ1v) is 5.54. The summed E-state index contributed by atoms with van der Waals surface area (Å²) in [5, 5.41) is 0. The lowest BCUT2D eigenvalue weighted by Gasteiger charge is -1.90. The van der Waals surface area contributed by atoms with Crippen molar-refractivity contribution in [3.63, 3.8) is 0 Å². The minimum absolute atomic E-state index is 1.25. The van der Waals surface area contributed by atoms with Gasteiger partial charge in [0.2, 0.25) is 0 Å². The van der Waals surface area contributed by atoms with Crippen LogP contribution < -0.4 is 0 Å². The number of hydrogen-bond donors (Lipinski definition) is 0. The van der Waals surface area contributed by atoms with Crippen molar-refractivity contribution in [3.8, 4) is 0 Å². The SMILES string of the molecule is C1=C(/C=C/C=C/c2ccccc2)CCC1. The molecule has 0 radical (unpaired) electrons. The van der Waals surface area contributed by atoms with Crippen LogP contribution in [0.3, 0.4) is 0 Å². The molecule has 0 aliphatic heterocycles. The summed E-state index contributed by atoms with van der Waals surface area (Å²) >= 11 is 0. The van der Waals surface area contributed by atoms with Gasteiger partial charge in [0, 0.05) is 0 Å². The summed E-state index contributed by atoms with van der Waals surface area (Å²) in [4.78, 5) is 0. The van der Waals surface area contributed by atoms with E-state index in [4.69, 9.17) is 0 Å². The molecule has 0 N–H and O–H groups in total. The molecule has 0 saturated carbocycles. The molecule has 0 heterocycles. The predicted molar refractivity (Wildman–Crippen MR) is 66.6 cm³/mol. The molecule has 1 aliphatic rings. The third-order valence-electron chi connectivity index (χ3n) is 2.59. The number of benzene rings is 1. The van der Waals surface area contributed by atoms with E-state index in [0.717, 1.165) is 0 Å². The quantitative estimate of drug-likeness (QED) is 0.630. The number of hydrogen-bond acceptors (Lipinski definition) is 0. The minimum atomic E-state index is 1.25. The van der Waals surface area contributed by atoms with Crippen LogP contribution in [0.4, 0.5) is 0 Å². The molecule has 0 bridgehead atoms. The third-order valence-corrected chi connectivity index (χ3v) is 2.59. The van der Waals surface area contributed by atoms with Crippen LogP contribution in [0.5, 0.6) is 0 Å². The average Bonchev–Trinajstić information content (AvgIpc) is 2.79. The van der Waals surface area contributed by atoms with Crippen LogP contribution in [0.15, 0.2) is 60.2 Å². The normalized spacial score (nSPS) is 16.4. The highest BCUT2D eigenvalue weighted by molar-refractivity contribution is 5.51. The Morgan fingerprint density at radius 1 is 0.933 bits per heavy atom. The van der Waals surface area contributed by atoms with Gasteiger partial charge in [-0.25, -0.2) is 0 Å². The second-order valence-corrected chi connectivity index (χ2v) is 3.80. The van der Waals surface area contributed by atoms with Crippen molar-refractivity contribution in [2.75, 3.05) is 0 Å². The van der Waals surface area contributed by atoms with Gasteiger partial charge in [0.15, 0.2) is 0 Å². The van der Waals surface area contributed by atoms with Crippen LogP contribution in [-0.2, 0) is 0 Å². The van der Waals surface area contributed by atoms with Gasteiger partial charge in [-0.05, 0) is 24.8 Å². The van der Waals surface area contributed by atoms with Crippen LogP contribution in [0.2, 0.25) is 0 Å². The Kier molecular flexibility index (Phi) is 3.56. The molecular formula is C15H16. The van der Waals surface area contributed by atoms with Crippen molar-refractivity contribution in [3.05, 3.63) is 65.8 Å². The van der Waals surface area contributed by atoms with E-state index in [2.05, 4.69) is 54.6 Å². The van der Waals surface area contributed by atoms with Gasteiger partial charge in [0.05, 0.1) is 0 Å². The maximum atomic E-state index is 2.33. The highest BCUT2D eigenvalue weighted by Crippen LogP contribution is 2.18. The van der Waals surface area contributed by atoms with Crippen LogP contribution in [0.1, 0.15) is 24.8 Å². The summed E-state index contributed by atoms with van der Waals surface area (Å²) in [6, 6.07) is 10.4. The highest BCUT2D eigenvalue weighted by atomic mass is 14.0. The van der Waals surface area contributed by atoms with E-state index in [-0.39, 0.29) is 0 Å². The molecule has 1 aromatic carbocycles. The molecule has 0 nitrogen and oxygen atoms in total. The van der Waals surface area contributed by atoms with E-state index in [9.17, 15) is 0 Å². The van der Waals surface area contributed by atoms with Gasteiger partial charge in [0.25, 0.3) is 0 Å². The van der Waals surface area contributed by atoms with E-state index in [0.29, 0.717) is 0 Å². The van der Waals surface area contributed by atoms with Gasteiger partial charge < -0.3 is 0 Å². The molecule has 0 fully saturated rings. The lowest BCUT2D eigenvalue weighted by atomic mass is 10.2. The van der Waals surface area contributed by atoms with Gasteiger partial charge in [-0.3, -0.25) is 0 Å². The standard InChI is InChI=1S/C15H16/c1-2-8-14(9-3-1)10-4-5-11-15-12-6-7-13-15/h1-5,8-12H,6-7,13H2/b10-4+,11-5+. The average molecular weight is 196 g/mol. The molecule has 0 unspecified atom stereocenters. The lowest BCUT2D eigenvalue weighted by Crippen LogP contribution is -1.68. The number of allylic oxidation sites excluding steroid dienone is 5. The van der Waals surface area contributed by atoms with Crippen LogP contribution in [-0.4, -0.2) is 0 Å². The summed E-state index contributed by atoms with van der Waals surface area (Å²) in [5.74, 6) is 0. The van der Waals surface area contributed by atoms with E-state index in [1.54, 1.807) is 0 Å². The maximum Gasteiger partial charge on any atom is -0.0257 e. The molecule has 0 amide bonds. The Labute approximate surface area is 91.6 Å². The fourth-order valence-corrected chi connectivity index (χ4v) is 1.76. The molecule has 0 saturated heterocycles. The maximum absolute atomic E-state index is 2.33. The Morgan fingerprint density at radius 3 is 2.47 bits per heavy atom. The van der Waals surface area contributed by atoms with Crippen molar-refractivity contribution < 1.29 is 0 Å². The Morgan fingerprint density at radius 2 is 1.73 bits per heavy atom. The Bertz CT molecular complexity index is 380. The second kappa shape index (κ2) is 5.35. The van der Waals surface area contributed by atoms with E-state index in [1.165, 1.54) is 30.4 Å². The monoisotopic (exact) mass is 196 g/mol. The molecule has 0 aromatic heterocycles. The van der Waals surface area contributed by atoms with Crippen molar-refractivity contribution in [2.45, 2.75) is 19.3 Å². The Hall–Kier alpha value is -1.56. The van der Waals surface area contributed by atoms with Gasteiger partial charge in [0.1, 0.15) is 0 Å². The summed E-state index contributed by atoms with van der Waals surface area (Å²) in [6.07, 6.45) is 14.7. The molecule has 0 heteroatoms. The van der Waals surface area contributed by atoms with Gasteiger partial charge >= 0.3 is 0 Å². The van der Waals surface area contributed by atoms with Crippen LogP contribution in [0, 0.1) is 0 Å². The molecule has 1 aromatic rings. The van der Waals surface area contributed by atoms with E-state index >= 15 is 0 Å². The molecule has 0 atom stereocenters. The first kappa shape index (κ1) is 9.97. The molecule has 76 valence electrons. The van der Waals surface area contributed by atoms with E-state index in [1.807, 2.05) is 6.07 Å². The van der Waals surface area contributed by atoms with Crippen molar-refractivity contribution in [1.82, 2.24) is 0 Å². The first-order valence-electron chi connectivity index (χ1n) is 5.54. The summed E-state index contributed by atoms with van der Waals surface area (Å²) in [5.41, 5.74) is 2.73. The zero-order valence-electron chi connectivity index (χ0n) is 8.89. The lowest BCUT2D eigenvalue weighted by molar-refractivity contribution is 0.916. The zero-order valence-corrected chi connectivity index (χ0v) is 8.89. The van der Waals surface area contributed by atoms with Gasteiger partial charge in [-0.15, -0.1) is 0 Å². The van der Waals surface area contributed by atoms with Gasteiger partial charge in [-0.1, -0.05) is 66.3 Å². The third kappa shape index (κ3) is 3.25. The molecular weight excluding hydrogens is 180 g/mol.